The summed E-state index contributed by atoms with van der Waals surface area (Å²) >= 11 is 0. The fraction of sp³-hybridized carbons (Fsp3) is 0.500. The van der Waals surface area contributed by atoms with Gasteiger partial charge in [0.25, 0.3) is 0 Å². The molecule has 0 spiro atoms. The van der Waals surface area contributed by atoms with Crippen LogP contribution in [0.3, 0.4) is 0 Å². The summed E-state index contributed by atoms with van der Waals surface area (Å²) in [5.41, 5.74) is 4.10. The molecule has 4 rings (SSSR count). The van der Waals surface area contributed by atoms with E-state index in [-0.39, 0.29) is 11.8 Å². The Bertz CT molecular complexity index is 892. The molecule has 2 fully saturated rings. The van der Waals surface area contributed by atoms with Gasteiger partial charge in [0.05, 0.1) is 11.4 Å². The SMILES string of the molecule is CC(=O)c1ccn(C(=O)N2CCC(Nc3ccc(C)cc3N3CCCC3)CC2)n1. The van der Waals surface area contributed by atoms with Crippen LogP contribution in [-0.2, 0) is 0 Å². The Morgan fingerprint density at radius 3 is 2.45 bits per heavy atom. The maximum Gasteiger partial charge on any atom is 0.344 e. The molecule has 29 heavy (non-hydrogen) atoms. The Kier molecular flexibility index (Phi) is 5.56. The maximum absolute atomic E-state index is 12.7. The third kappa shape index (κ3) is 4.28. The molecule has 0 aliphatic carbocycles. The standard InChI is InChI=1S/C22H29N5O2/c1-16-5-6-20(21(15-16)25-10-3-4-11-25)23-18-7-12-26(13-8-18)22(29)27-14-9-19(24-27)17(2)28/h5-6,9,14-15,18,23H,3-4,7-8,10-13H2,1-2H3. The first-order valence-electron chi connectivity index (χ1n) is 10.5. The fourth-order valence-corrected chi connectivity index (χ4v) is 4.18. The van der Waals surface area contributed by atoms with Crippen LogP contribution < -0.4 is 10.2 Å². The molecule has 0 saturated carbocycles. The number of likely N-dealkylation sites (tertiary alicyclic amines) is 1. The maximum atomic E-state index is 12.7. The van der Waals surface area contributed by atoms with E-state index in [0.29, 0.717) is 24.8 Å². The van der Waals surface area contributed by atoms with Gasteiger partial charge in [-0.1, -0.05) is 6.07 Å². The van der Waals surface area contributed by atoms with E-state index in [1.54, 1.807) is 12.3 Å². The first-order valence-corrected chi connectivity index (χ1v) is 10.5. The Balaban J connectivity index is 1.38. The van der Waals surface area contributed by atoms with Gasteiger partial charge < -0.3 is 15.1 Å². The molecule has 3 heterocycles. The third-order valence-electron chi connectivity index (χ3n) is 5.87. The number of Topliss-reactive ketones (excluding diaryl/α,β-unsaturated/α-hetero) is 1. The number of benzene rings is 1. The van der Waals surface area contributed by atoms with Gasteiger partial charge in [0.1, 0.15) is 5.69 Å². The van der Waals surface area contributed by atoms with Crippen molar-refractivity contribution in [2.75, 3.05) is 36.4 Å². The van der Waals surface area contributed by atoms with Crippen LogP contribution in [0.5, 0.6) is 0 Å². The van der Waals surface area contributed by atoms with Gasteiger partial charge in [-0.2, -0.15) is 9.78 Å². The number of ketones is 1. The molecule has 2 aliphatic heterocycles. The summed E-state index contributed by atoms with van der Waals surface area (Å²) in [6.07, 6.45) is 5.86. The molecular formula is C22H29N5O2. The second-order valence-electron chi connectivity index (χ2n) is 8.10. The Labute approximate surface area is 171 Å². The highest BCUT2D eigenvalue weighted by Crippen LogP contribution is 2.31. The quantitative estimate of drug-likeness (QED) is 0.802. The monoisotopic (exact) mass is 395 g/mol. The number of carbonyl (C=O) groups is 2. The third-order valence-corrected chi connectivity index (χ3v) is 5.87. The number of anilines is 2. The molecule has 1 aromatic carbocycles. The van der Waals surface area contributed by atoms with Gasteiger partial charge >= 0.3 is 6.03 Å². The molecule has 0 unspecified atom stereocenters. The molecule has 7 heteroatoms. The zero-order valence-corrected chi connectivity index (χ0v) is 17.2. The van der Waals surface area contributed by atoms with Gasteiger partial charge in [-0.3, -0.25) is 4.79 Å². The molecule has 2 aliphatic rings. The van der Waals surface area contributed by atoms with E-state index in [4.69, 9.17) is 0 Å². The number of amides is 1. The van der Waals surface area contributed by atoms with Crippen molar-refractivity contribution in [3.63, 3.8) is 0 Å². The fourth-order valence-electron chi connectivity index (χ4n) is 4.18. The van der Waals surface area contributed by atoms with Crippen molar-refractivity contribution in [1.82, 2.24) is 14.7 Å². The Morgan fingerprint density at radius 1 is 1.07 bits per heavy atom. The molecule has 0 atom stereocenters. The summed E-state index contributed by atoms with van der Waals surface area (Å²) in [6, 6.07) is 8.39. The number of rotatable bonds is 4. The van der Waals surface area contributed by atoms with Crippen molar-refractivity contribution < 1.29 is 9.59 Å². The van der Waals surface area contributed by atoms with Crippen molar-refractivity contribution >= 4 is 23.2 Å². The van der Waals surface area contributed by atoms with Crippen molar-refractivity contribution in [2.45, 2.75) is 45.6 Å². The zero-order valence-electron chi connectivity index (χ0n) is 17.2. The number of aryl methyl sites for hydroxylation is 1. The zero-order chi connectivity index (χ0) is 20.4. The lowest BCUT2D eigenvalue weighted by Gasteiger charge is -2.33. The van der Waals surface area contributed by atoms with Crippen LogP contribution in [-0.4, -0.2) is 58.7 Å². The second-order valence-corrected chi connectivity index (χ2v) is 8.10. The predicted molar refractivity (Wildman–Crippen MR) is 114 cm³/mol. The Morgan fingerprint density at radius 2 is 1.79 bits per heavy atom. The van der Waals surface area contributed by atoms with Crippen LogP contribution in [0, 0.1) is 6.92 Å². The minimum absolute atomic E-state index is 0.133. The summed E-state index contributed by atoms with van der Waals surface area (Å²) in [7, 11) is 0. The van der Waals surface area contributed by atoms with Gasteiger partial charge in [-0.15, -0.1) is 0 Å². The van der Waals surface area contributed by atoms with Gasteiger partial charge in [0.2, 0.25) is 0 Å². The molecule has 1 aromatic heterocycles. The van der Waals surface area contributed by atoms with E-state index in [1.807, 2.05) is 4.90 Å². The average Bonchev–Trinajstić information content (AvgIpc) is 3.42. The number of hydrogen-bond acceptors (Lipinski definition) is 5. The lowest BCUT2D eigenvalue weighted by Crippen LogP contribution is -2.44. The molecule has 0 bridgehead atoms. The van der Waals surface area contributed by atoms with E-state index in [1.165, 1.54) is 41.4 Å². The van der Waals surface area contributed by atoms with E-state index in [0.717, 1.165) is 25.9 Å². The average molecular weight is 396 g/mol. The summed E-state index contributed by atoms with van der Waals surface area (Å²) in [5, 5.41) is 7.82. The topological polar surface area (TPSA) is 70.5 Å². The van der Waals surface area contributed by atoms with Crippen molar-refractivity contribution in [3.05, 3.63) is 41.7 Å². The number of hydrogen-bond donors (Lipinski definition) is 1. The van der Waals surface area contributed by atoms with E-state index in [9.17, 15) is 9.59 Å². The summed E-state index contributed by atoms with van der Waals surface area (Å²) < 4.78 is 1.27. The van der Waals surface area contributed by atoms with Gasteiger partial charge in [0, 0.05) is 45.3 Å². The lowest BCUT2D eigenvalue weighted by molar-refractivity contribution is 0.101. The van der Waals surface area contributed by atoms with E-state index >= 15 is 0 Å². The Hall–Kier alpha value is -2.83. The number of piperidine rings is 1. The highest BCUT2D eigenvalue weighted by Gasteiger charge is 2.25. The van der Waals surface area contributed by atoms with Gasteiger partial charge in [-0.05, 0) is 56.4 Å². The first kappa shape index (κ1) is 19.5. The molecule has 1 N–H and O–H groups in total. The normalized spacial score (nSPS) is 17.6. The van der Waals surface area contributed by atoms with Gasteiger partial charge in [0.15, 0.2) is 5.78 Å². The lowest BCUT2D eigenvalue weighted by atomic mass is 10.0. The summed E-state index contributed by atoms with van der Waals surface area (Å²) in [6.45, 7) is 7.19. The smallest absolute Gasteiger partial charge is 0.344 e. The molecule has 154 valence electrons. The number of carbonyl (C=O) groups excluding carboxylic acids is 2. The molecule has 2 aromatic rings. The van der Waals surface area contributed by atoms with Crippen molar-refractivity contribution in [3.8, 4) is 0 Å². The van der Waals surface area contributed by atoms with Crippen LogP contribution in [0.25, 0.3) is 0 Å². The van der Waals surface area contributed by atoms with Crippen LogP contribution in [0.1, 0.15) is 48.7 Å². The van der Waals surface area contributed by atoms with Gasteiger partial charge in [-0.25, -0.2) is 4.79 Å². The van der Waals surface area contributed by atoms with Crippen molar-refractivity contribution in [1.29, 1.82) is 0 Å². The summed E-state index contributed by atoms with van der Waals surface area (Å²) in [4.78, 5) is 28.3. The number of nitrogens with zero attached hydrogens (tertiary/aromatic N) is 4. The van der Waals surface area contributed by atoms with Crippen LogP contribution in [0.4, 0.5) is 16.2 Å². The predicted octanol–water partition coefficient (Wildman–Crippen LogP) is 3.54. The second kappa shape index (κ2) is 8.27. The van der Waals surface area contributed by atoms with E-state index in [2.05, 4.69) is 40.4 Å². The molecule has 0 radical (unpaired) electrons. The summed E-state index contributed by atoms with van der Waals surface area (Å²) in [5.74, 6) is -0.133. The number of nitrogens with one attached hydrogen (secondary N) is 1. The number of aromatic nitrogens is 2. The largest absolute Gasteiger partial charge is 0.381 e. The molecule has 7 nitrogen and oxygen atoms in total. The van der Waals surface area contributed by atoms with E-state index < -0.39 is 0 Å². The van der Waals surface area contributed by atoms with Crippen LogP contribution in [0.15, 0.2) is 30.5 Å². The minimum atomic E-state index is -0.163. The minimum Gasteiger partial charge on any atom is -0.381 e. The molecular weight excluding hydrogens is 366 g/mol. The van der Waals surface area contributed by atoms with Crippen molar-refractivity contribution in [2.24, 2.45) is 0 Å². The molecule has 1 amide bonds. The highest BCUT2D eigenvalue weighted by atomic mass is 16.2. The van der Waals surface area contributed by atoms with Crippen LogP contribution in [0.2, 0.25) is 0 Å². The van der Waals surface area contributed by atoms with Crippen LogP contribution >= 0.6 is 0 Å². The highest BCUT2D eigenvalue weighted by molar-refractivity contribution is 5.92. The first-order chi connectivity index (χ1) is 14.0. The molecule has 2 saturated heterocycles.